The zero-order chi connectivity index (χ0) is 21.6. The van der Waals surface area contributed by atoms with Crippen molar-refractivity contribution in [2.75, 3.05) is 5.32 Å². The number of carbonyl (C=O) groups is 2. The molecule has 2 atom stereocenters. The fraction of sp³-hybridized carbons (Fsp3) is 0.269. The fourth-order valence-corrected chi connectivity index (χ4v) is 4.67. The van der Waals surface area contributed by atoms with Crippen LogP contribution in [0.4, 0.5) is 11.4 Å². The molecule has 5 rings (SSSR count). The van der Waals surface area contributed by atoms with Gasteiger partial charge in [0.25, 0.3) is 0 Å². The first-order valence-electron chi connectivity index (χ1n) is 10.6. The Bertz CT molecular complexity index is 1180. The van der Waals surface area contributed by atoms with Gasteiger partial charge in [-0.05, 0) is 42.2 Å². The van der Waals surface area contributed by atoms with Gasteiger partial charge in [-0.3, -0.25) is 14.6 Å². The summed E-state index contributed by atoms with van der Waals surface area (Å²) in [6.07, 6.45) is 2.86. The molecule has 0 radical (unpaired) electrons. The van der Waals surface area contributed by atoms with Crippen LogP contribution in [0, 0.1) is 11.3 Å². The molecule has 1 fully saturated rings. The summed E-state index contributed by atoms with van der Waals surface area (Å²) in [6, 6.07) is 18.1. The Morgan fingerprint density at radius 1 is 1.03 bits per heavy atom. The number of carbonyl (C=O) groups excluding carboxylic acids is 2. The molecule has 0 spiro atoms. The van der Waals surface area contributed by atoms with E-state index >= 15 is 0 Å². The third-order valence-electron chi connectivity index (χ3n) is 6.07. The van der Waals surface area contributed by atoms with Crippen LogP contribution in [0.3, 0.4) is 0 Å². The van der Waals surface area contributed by atoms with Crippen LogP contribution in [-0.4, -0.2) is 17.3 Å². The molecule has 5 nitrogen and oxygen atoms in total. The smallest absolute Gasteiger partial charge is 0.193 e. The van der Waals surface area contributed by atoms with Crippen molar-refractivity contribution in [1.29, 1.82) is 0 Å². The quantitative estimate of drug-likeness (QED) is 0.556. The molecule has 1 unspecified atom stereocenters. The average molecular weight is 412 g/mol. The van der Waals surface area contributed by atoms with E-state index in [0.29, 0.717) is 23.3 Å². The number of hydrogen-bond acceptors (Lipinski definition) is 5. The molecule has 1 saturated carbocycles. The molecule has 2 aromatic carbocycles. The summed E-state index contributed by atoms with van der Waals surface area (Å²) in [6.45, 7) is 4.21. The number of nitrogens with zero attached hydrogens (tertiary/aromatic N) is 1. The number of nitrogens with one attached hydrogen (secondary N) is 1. The third kappa shape index (κ3) is 3.61. The molecular weight excluding hydrogens is 388 g/mol. The Labute approximate surface area is 181 Å². The molecule has 1 aliphatic carbocycles. The van der Waals surface area contributed by atoms with Gasteiger partial charge in [0.15, 0.2) is 5.78 Å². The van der Waals surface area contributed by atoms with Gasteiger partial charge in [0.1, 0.15) is 11.5 Å². The number of benzene rings is 2. The van der Waals surface area contributed by atoms with E-state index in [1.54, 1.807) is 12.3 Å². The van der Waals surface area contributed by atoms with Crippen LogP contribution in [0.15, 0.2) is 76.3 Å². The summed E-state index contributed by atoms with van der Waals surface area (Å²) in [5, 5.41) is 3.48. The summed E-state index contributed by atoms with van der Waals surface area (Å²) in [4.78, 5) is 31.1. The number of ketones is 2. The van der Waals surface area contributed by atoms with Crippen molar-refractivity contribution in [3.8, 4) is 0 Å². The summed E-state index contributed by atoms with van der Waals surface area (Å²) < 4.78 is 5.70. The normalized spacial score (nSPS) is 21.9. The first-order valence-corrected chi connectivity index (χ1v) is 10.6. The number of hydrogen-bond donors (Lipinski definition) is 1. The largest absolute Gasteiger partial charge is 0.467 e. The Kier molecular flexibility index (Phi) is 4.62. The van der Waals surface area contributed by atoms with Gasteiger partial charge in [-0.15, -0.1) is 0 Å². The minimum absolute atomic E-state index is 0.0497. The molecule has 1 N–H and O–H groups in total. The van der Waals surface area contributed by atoms with Gasteiger partial charge in [-0.2, -0.15) is 0 Å². The maximum Gasteiger partial charge on any atom is 0.193 e. The van der Waals surface area contributed by atoms with Crippen LogP contribution in [0.25, 0.3) is 0 Å². The lowest BCUT2D eigenvalue weighted by atomic mass is 9.68. The van der Waals surface area contributed by atoms with Gasteiger partial charge in [-0.25, -0.2) is 0 Å². The van der Waals surface area contributed by atoms with Crippen molar-refractivity contribution in [3.63, 3.8) is 0 Å². The molecule has 2 heterocycles. The SMILES string of the molecule is CC1(C)CC(=O)C2C(=Nc3ccc(C(=O)c4ccccc4)cc3N[C@H]2c2ccco2)C1. The number of Topliss-reactive ketones (excluding diaryl/α,β-unsaturated/α-hetero) is 1. The highest BCUT2D eigenvalue weighted by atomic mass is 16.3. The predicted molar refractivity (Wildman–Crippen MR) is 120 cm³/mol. The van der Waals surface area contributed by atoms with Gasteiger partial charge in [0.05, 0.1) is 29.6 Å². The zero-order valence-electron chi connectivity index (χ0n) is 17.6. The van der Waals surface area contributed by atoms with E-state index in [9.17, 15) is 9.59 Å². The van der Waals surface area contributed by atoms with Crippen molar-refractivity contribution in [2.45, 2.75) is 32.7 Å². The molecule has 1 aliphatic heterocycles. The summed E-state index contributed by atoms with van der Waals surface area (Å²) >= 11 is 0. The van der Waals surface area contributed by atoms with Gasteiger partial charge < -0.3 is 9.73 Å². The van der Waals surface area contributed by atoms with Crippen LogP contribution < -0.4 is 5.32 Å². The minimum Gasteiger partial charge on any atom is -0.467 e. The van der Waals surface area contributed by atoms with Crippen LogP contribution in [0.2, 0.25) is 0 Å². The van der Waals surface area contributed by atoms with Crippen molar-refractivity contribution in [1.82, 2.24) is 0 Å². The van der Waals surface area contributed by atoms with E-state index in [1.807, 2.05) is 54.6 Å². The van der Waals surface area contributed by atoms with Crippen molar-refractivity contribution >= 4 is 28.7 Å². The highest BCUT2D eigenvalue weighted by molar-refractivity contribution is 6.12. The Balaban J connectivity index is 1.60. The van der Waals surface area contributed by atoms with Crippen molar-refractivity contribution < 1.29 is 14.0 Å². The van der Waals surface area contributed by atoms with E-state index in [1.165, 1.54) is 0 Å². The summed E-state index contributed by atoms with van der Waals surface area (Å²) in [7, 11) is 0. The van der Waals surface area contributed by atoms with Crippen LogP contribution >= 0.6 is 0 Å². The Hall–Kier alpha value is -3.47. The fourth-order valence-electron chi connectivity index (χ4n) is 4.67. The lowest BCUT2D eigenvalue weighted by Gasteiger charge is -2.36. The van der Waals surface area contributed by atoms with Crippen LogP contribution in [-0.2, 0) is 4.79 Å². The summed E-state index contributed by atoms with van der Waals surface area (Å²) in [5.41, 5.74) is 3.42. The van der Waals surface area contributed by atoms with Gasteiger partial charge in [0.2, 0.25) is 0 Å². The lowest BCUT2D eigenvalue weighted by molar-refractivity contribution is -0.124. The number of anilines is 1. The molecule has 5 heteroatoms. The number of fused-ring (bicyclic) bond motifs is 2. The van der Waals surface area contributed by atoms with E-state index < -0.39 is 0 Å². The Morgan fingerprint density at radius 2 is 1.84 bits per heavy atom. The molecule has 156 valence electrons. The first-order chi connectivity index (χ1) is 14.9. The van der Waals surface area contributed by atoms with E-state index in [4.69, 9.17) is 9.41 Å². The number of rotatable bonds is 3. The second-order valence-corrected chi connectivity index (χ2v) is 9.13. The number of aliphatic imine (C=N–C) groups is 1. The predicted octanol–water partition coefficient (Wildman–Crippen LogP) is 5.76. The van der Waals surface area contributed by atoms with Crippen LogP contribution in [0.1, 0.15) is 54.4 Å². The molecular formula is C26H24N2O3. The second kappa shape index (κ2) is 7.34. The third-order valence-corrected chi connectivity index (χ3v) is 6.07. The maximum absolute atomic E-state index is 13.2. The molecule has 1 aromatic heterocycles. The van der Waals surface area contributed by atoms with Gasteiger partial charge >= 0.3 is 0 Å². The molecule has 3 aromatic rings. The molecule has 2 aliphatic rings. The van der Waals surface area contributed by atoms with E-state index in [0.717, 1.165) is 23.5 Å². The lowest BCUT2D eigenvalue weighted by Crippen LogP contribution is -2.42. The molecule has 0 saturated heterocycles. The van der Waals surface area contributed by atoms with E-state index in [-0.39, 0.29) is 28.9 Å². The topological polar surface area (TPSA) is 71.7 Å². The maximum atomic E-state index is 13.2. The molecule has 0 amide bonds. The first kappa shape index (κ1) is 19.5. The summed E-state index contributed by atoms with van der Waals surface area (Å²) in [5.74, 6) is 0.418. The van der Waals surface area contributed by atoms with Crippen molar-refractivity contribution in [3.05, 3.63) is 83.8 Å². The highest BCUT2D eigenvalue weighted by Gasteiger charge is 2.44. The van der Waals surface area contributed by atoms with E-state index in [2.05, 4.69) is 19.2 Å². The highest BCUT2D eigenvalue weighted by Crippen LogP contribution is 2.45. The number of furan rings is 1. The van der Waals surface area contributed by atoms with Crippen LogP contribution in [0.5, 0.6) is 0 Å². The van der Waals surface area contributed by atoms with Gasteiger partial charge in [0, 0.05) is 23.3 Å². The standard InChI is InChI=1S/C26H24N2O3/c1-26(2)14-20-23(21(29)15-26)24(22-9-6-12-31-22)28-19-13-17(10-11-18(19)27-20)25(30)16-7-4-3-5-8-16/h3-13,23-24,28H,14-15H2,1-2H3/t23?,24-/m0/s1. The molecule has 0 bridgehead atoms. The van der Waals surface area contributed by atoms with Crippen molar-refractivity contribution in [2.24, 2.45) is 16.3 Å². The minimum atomic E-state index is -0.389. The Morgan fingerprint density at radius 3 is 2.58 bits per heavy atom. The molecule has 31 heavy (non-hydrogen) atoms. The monoisotopic (exact) mass is 412 g/mol. The van der Waals surface area contributed by atoms with Gasteiger partial charge in [-0.1, -0.05) is 44.2 Å². The second-order valence-electron chi connectivity index (χ2n) is 9.13. The zero-order valence-corrected chi connectivity index (χ0v) is 17.6. The average Bonchev–Trinajstić information content (AvgIpc) is 3.22.